The molecular formula is C21H31BrN2O8. The molecule has 0 saturated heterocycles. The van der Waals surface area contributed by atoms with Crippen molar-refractivity contribution in [2.45, 2.75) is 20.3 Å². The molecule has 0 spiro atoms. The lowest BCUT2D eigenvalue weighted by Gasteiger charge is -2.04. The number of pyridine rings is 2. The van der Waals surface area contributed by atoms with Crippen LogP contribution in [0.3, 0.4) is 0 Å². The third-order valence-electron chi connectivity index (χ3n) is 3.14. The Morgan fingerprint density at radius 3 is 1.78 bits per heavy atom. The molecule has 3 N–H and O–H groups in total. The molecule has 32 heavy (non-hydrogen) atoms. The van der Waals surface area contributed by atoms with Crippen molar-refractivity contribution >= 4 is 27.9 Å². The number of rotatable bonds is 8. The molecule has 0 atom stereocenters. The highest BCUT2D eigenvalue weighted by atomic mass is 79.9. The molecule has 0 radical (unpaired) electrons. The number of aliphatic hydroxyl groups excluding tert-OH is 2. The minimum Gasteiger partial charge on any atom is -0.506 e. The SMILES string of the molecule is C.COC(=O)c1ccc(O)cn1.COC(=O)c1ccc(OCCCO)cn1.OCCCBr. The summed E-state index contributed by atoms with van der Waals surface area (Å²) < 4.78 is 14.1. The summed E-state index contributed by atoms with van der Waals surface area (Å²) in [5.41, 5.74) is 0.428. The Morgan fingerprint density at radius 1 is 0.906 bits per heavy atom. The zero-order chi connectivity index (χ0) is 23.5. The van der Waals surface area contributed by atoms with Gasteiger partial charge in [-0.3, -0.25) is 0 Å². The smallest absolute Gasteiger partial charge is 0.356 e. The molecule has 2 rings (SSSR count). The third-order valence-corrected chi connectivity index (χ3v) is 3.70. The Balaban J connectivity index is 0. The van der Waals surface area contributed by atoms with E-state index in [0.29, 0.717) is 25.4 Å². The zero-order valence-electron chi connectivity index (χ0n) is 17.4. The summed E-state index contributed by atoms with van der Waals surface area (Å²) in [7, 11) is 2.58. The fourth-order valence-electron chi connectivity index (χ4n) is 1.62. The number of carbonyl (C=O) groups is 2. The molecular weight excluding hydrogens is 488 g/mol. The van der Waals surface area contributed by atoms with Gasteiger partial charge in [0.25, 0.3) is 0 Å². The van der Waals surface area contributed by atoms with Crippen LogP contribution >= 0.6 is 15.9 Å². The average Bonchev–Trinajstić information content (AvgIpc) is 2.80. The van der Waals surface area contributed by atoms with E-state index in [-0.39, 0.29) is 31.2 Å². The monoisotopic (exact) mass is 518 g/mol. The fourth-order valence-corrected chi connectivity index (χ4v) is 1.87. The lowest BCUT2D eigenvalue weighted by atomic mass is 10.3. The predicted octanol–water partition coefficient (Wildman–Crippen LogP) is 2.60. The largest absolute Gasteiger partial charge is 0.506 e. The van der Waals surface area contributed by atoms with Gasteiger partial charge in [-0.25, -0.2) is 19.6 Å². The highest BCUT2D eigenvalue weighted by Crippen LogP contribution is 2.10. The van der Waals surface area contributed by atoms with Crippen LogP contribution in [0.25, 0.3) is 0 Å². The Labute approximate surface area is 196 Å². The number of alkyl halides is 1. The Morgan fingerprint density at radius 2 is 1.44 bits per heavy atom. The van der Waals surface area contributed by atoms with E-state index in [4.69, 9.17) is 20.1 Å². The van der Waals surface area contributed by atoms with E-state index in [1.807, 2.05) is 0 Å². The van der Waals surface area contributed by atoms with Gasteiger partial charge in [0.15, 0.2) is 0 Å². The maximum atomic E-state index is 11.0. The van der Waals surface area contributed by atoms with Gasteiger partial charge in [0, 0.05) is 25.0 Å². The first-order chi connectivity index (χ1) is 14.9. The Hall–Kier alpha value is -2.76. The van der Waals surface area contributed by atoms with E-state index in [1.54, 1.807) is 6.07 Å². The summed E-state index contributed by atoms with van der Waals surface area (Å²) in [5, 5.41) is 26.3. The summed E-state index contributed by atoms with van der Waals surface area (Å²) in [6, 6.07) is 5.93. The number of esters is 2. The van der Waals surface area contributed by atoms with Gasteiger partial charge in [0.05, 0.1) is 33.2 Å². The number of hydrogen-bond donors (Lipinski definition) is 3. The summed E-state index contributed by atoms with van der Waals surface area (Å²) in [5.74, 6) is -0.393. The number of hydrogen-bond acceptors (Lipinski definition) is 10. The second kappa shape index (κ2) is 20.2. The first kappa shape index (κ1) is 31.4. The number of aliphatic hydroxyl groups is 2. The molecule has 10 nitrogen and oxygen atoms in total. The zero-order valence-corrected chi connectivity index (χ0v) is 18.9. The van der Waals surface area contributed by atoms with Gasteiger partial charge in [-0.15, -0.1) is 0 Å². The van der Waals surface area contributed by atoms with Crippen LogP contribution in [-0.2, 0) is 9.47 Å². The maximum absolute atomic E-state index is 11.0. The number of methoxy groups -OCH3 is 2. The topological polar surface area (TPSA) is 148 Å². The molecule has 0 fully saturated rings. The van der Waals surface area contributed by atoms with Crippen LogP contribution in [0.4, 0.5) is 0 Å². The average molecular weight is 519 g/mol. The number of ether oxygens (including phenoxy) is 3. The van der Waals surface area contributed by atoms with Crippen molar-refractivity contribution in [1.29, 1.82) is 0 Å². The van der Waals surface area contributed by atoms with Crippen molar-refractivity contribution in [3.63, 3.8) is 0 Å². The van der Waals surface area contributed by atoms with E-state index in [9.17, 15) is 9.59 Å². The van der Waals surface area contributed by atoms with Gasteiger partial charge < -0.3 is 29.5 Å². The Kier molecular flexibility index (Phi) is 19.8. The van der Waals surface area contributed by atoms with Crippen LogP contribution in [0.5, 0.6) is 11.5 Å². The molecule has 2 heterocycles. The lowest BCUT2D eigenvalue weighted by Crippen LogP contribution is -2.05. The summed E-state index contributed by atoms with van der Waals surface area (Å²) in [4.78, 5) is 29.3. The molecule has 0 aliphatic carbocycles. The third kappa shape index (κ3) is 14.3. The van der Waals surface area contributed by atoms with Gasteiger partial charge in [0.1, 0.15) is 22.9 Å². The minimum absolute atomic E-state index is 0. The van der Waals surface area contributed by atoms with E-state index >= 15 is 0 Å². The molecule has 11 heteroatoms. The molecule has 0 unspecified atom stereocenters. The van der Waals surface area contributed by atoms with Crippen LogP contribution in [0.2, 0.25) is 0 Å². The van der Waals surface area contributed by atoms with Gasteiger partial charge in [-0.1, -0.05) is 23.4 Å². The van der Waals surface area contributed by atoms with Crippen LogP contribution in [0.15, 0.2) is 36.7 Å². The first-order valence-electron chi connectivity index (χ1n) is 9.11. The Bertz CT molecular complexity index is 740. The van der Waals surface area contributed by atoms with E-state index in [2.05, 4.69) is 35.4 Å². The van der Waals surface area contributed by atoms with Crippen LogP contribution in [0, 0.1) is 0 Å². The van der Waals surface area contributed by atoms with Crippen molar-refractivity contribution in [2.75, 3.05) is 39.4 Å². The first-order valence-corrected chi connectivity index (χ1v) is 10.2. The number of aromatic hydroxyl groups is 1. The second-order valence-corrected chi connectivity index (χ2v) is 6.25. The van der Waals surface area contributed by atoms with Crippen molar-refractivity contribution in [2.24, 2.45) is 0 Å². The minimum atomic E-state index is -0.509. The number of nitrogens with zero attached hydrogens (tertiary/aromatic N) is 2. The van der Waals surface area contributed by atoms with Gasteiger partial charge in [-0.2, -0.15) is 0 Å². The molecule has 2 aromatic heterocycles. The molecule has 2 aromatic rings. The standard InChI is InChI=1S/C10H13NO4.C7H7NO3.C3H7BrO.CH4/c1-14-10(13)9-4-3-8(7-11-9)15-6-2-5-12;1-11-7(10)6-3-2-5(9)4-8-6;4-2-1-3-5;/h3-4,7,12H,2,5-6H2,1H3;2-4,9H,1H3;5H,1-3H2;1H4. The van der Waals surface area contributed by atoms with Gasteiger partial charge in [-0.05, 0) is 30.7 Å². The quantitative estimate of drug-likeness (QED) is 0.270. The van der Waals surface area contributed by atoms with E-state index < -0.39 is 11.9 Å². The highest BCUT2D eigenvalue weighted by Gasteiger charge is 2.06. The van der Waals surface area contributed by atoms with E-state index in [0.717, 1.165) is 11.8 Å². The summed E-state index contributed by atoms with van der Waals surface area (Å²) in [6.45, 7) is 0.814. The fraction of sp³-hybridized carbons (Fsp3) is 0.429. The van der Waals surface area contributed by atoms with E-state index in [1.165, 1.54) is 44.8 Å². The molecule has 0 aliphatic rings. The van der Waals surface area contributed by atoms with Crippen LogP contribution < -0.4 is 4.74 Å². The van der Waals surface area contributed by atoms with Crippen molar-refractivity contribution in [3.8, 4) is 11.5 Å². The molecule has 0 bridgehead atoms. The summed E-state index contributed by atoms with van der Waals surface area (Å²) in [6.07, 6.45) is 4.06. The number of carbonyl (C=O) groups excluding carboxylic acids is 2. The molecule has 0 aromatic carbocycles. The molecule has 0 saturated carbocycles. The van der Waals surface area contributed by atoms with Crippen LogP contribution in [0.1, 0.15) is 41.2 Å². The van der Waals surface area contributed by atoms with Gasteiger partial charge >= 0.3 is 11.9 Å². The number of halogens is 1. The highest BCUT2D eigenvalue weighted by molar-refractivity contribution is 9.09. The van der Waals surface area contributed by atoms with Crippen molar-refractivity contribution in [3.05, 3.63) is 48.0 Å². The molecule has 0 aliphatic heterocycles. The van der Waals surface area contributed by atoms with Gasteiger partial charge in [0.2, 0.25) is 0 Å². The summed E-state index contributed by atoms with van der Waals surface area (Å²) >= 11 is 3.15. The second-order valence-electron chi connectivity index (χ2n) is 5.46. The normalized spacial score (nSPS) is 9.03. The van der Waals surface area contributed by atoms with Crippen LogP contribution in [-0.4, -0.2) is 76.6 Å². The predicted molar refractivity (Wildman–Crippen MR) is 122 cm³/mol. The number of aromatic nitrogens is 2. The lowest BCUT2D eigenvalue weighted by molar-refractivity contribution is 0.0585. The maximum Gasteiger partial charge on any atom is 0.356 e. The van der Waals surface area contributed by atoms with Crippen molar-refractivity contribution in [1.82, 2.24) is 9.97 Å². The molecule has 180 valence electrons. The van der Waals surface area contributed by atoms with Crippen molar-refractivity contribution < 1.29 is 39.1 Å². The molecule has 0 amide bonds.